The van der Waals surface area contributed by atoms with E-state index < -0.39 is 17.7 Å². The zero-order valence-corrected chi connectivity index (χ0v) is 15.4. The molecule has 2 aromatic rings. The number of rotatable bonds is 5. The van der Waals surface area contributed by atoms with Crippen LogP contribution in [0.25, 0.3) is 0 Å². The number of aromatic nitrogens is 2. The molecule has 1 aliphatic rings. The SMILES string of the molecule is CC(C)c1[nH]nc(C(N)=O)c1NC(=O)C1CCCN(c2ccccc2)C1=O. The molecule has 0 radical (unpaired) electrons. The maximum Gasteiger partial charge on any atom is 0.271 e. The van der Waals surface area contributed by atoms with Crippen molar-refractivity contribution in [2.75, 3.05) is 16.8 Å². The first-order valence-electron chi connectivity index (χ1n) is 8.95. The minimum absolute atomic E-state index is 0.0104. The summed E-state index contributed by atoms with van der Waals surface area (Å²) in [6.07, 6.45) is 1.17. The summed E-state index contributed by atoms with van der Waals surface area (Å²) in [5.41, 5.74) is 6.95. The van der Waals surface area contributed by atoms with Crippen molar-refractivity contribution in [3.63, 3.8) is 0 Å². The average Bonchev–Trinajstić information content (AvgIpc) is 3.06. The van der Waals surface area contributed by atoms with Gasteiger partial charge < -0.3 is 16.0 Å². The van der Waals surface area contributed by atoms with Gasteiger partial charge in [0.25, 0.3) is 5.91 Å². The summed E-state index contributed by atoms with van der Waals surface area (Å²) in [4.78, 5) is 39.0. The highest BCUT2D eigenvalue weighted by molar-refractivity contribution is 6.13. The van der Waals surface area contributed by atoms with Crippen LogP contribution in [0.5, 0.6) is 0 Å². The second-order valence-corrected chi connectivity index (χ2v) is 6.89. The van der Waals surface area contributed by atoms with Crippen LogP contribution in [0.3, 0.4) is 0 Å². The molecule has 27 heavy (non-hydrogen) atoms. The van der Waals surface area contributed by atoms with Crippen molar-refractivity contribution in [2.24, 2.45) is 11.7 Å². The number of para-hydroxylation sites is 1. The zero-order valence-electron chi connectivity index (χ0n) is 15.4. The number of hydrogen-bond acceptors (Lipinski definition) is 4. The van der Waals surface area contributed by atoms with Crippen LogP contribution in [-0.2, 0) is 9.59 Å². The minimum atomic E-state index is -0.824. The number of carbonyl (C=O) groups excluding carboxylic acids is 3. The van der Waals surface area contributed by atoms with Gasteiger partial charge in [-0.05, 0) is 30.9 Å². The Hall–Kier alpha value is -3.16. The molecule has 0 bridgehead atoms. The molecule has 0 aliphatic carbocycles. The van der Waals surface area contributed by atoms with Crippen LogP contribution in [-0.4, -0.2) is 34.5 Å². The number of nitrogens with two attached hydrogens (primary N) is 1. The predicted molar refractivity (Wildman–Crippen MR) is 101 cm³/mol. The Bertz CT molecular complexity index is 859. The quantitative estimate of drug-likeness (QED) is 0.698. The summed E-state index contributed by atoms with van der Waals surface area (Å²) in [5, 5.41) is 9.37. The molecule has 142 valence electrons. The van der Waals surface area contributed by atoms with E-state index in [-0.39, 0.29) is 23.2 Å². The van der Waals surface area contributed by atoms with Crippen molar-refractivity contribution >= 4 is 29.1 Å². The molecule has 1 fully saturated rings. The summed E-state index contributed by atoms with van der Waals surface area (Å²) in [6.45, 7) is 4.37. The number of amides is 3. The smallest absolute Gasteiger partial charge is 0.271 e. The molecule has 0 spiro atoms. The molecule has 3 amide bonds. The van der Waals surface area contributed by atoms with Gasteiger partial charge in [0.05, 0.1) is 11.4 Å². The standard InChI is InChI=1S/C19H23N5O3/c1-11(2)14-15(16(17(20)25)23-22-14)21-18(26)13-9-6-10-24(19(13)27)12-7-4-3-5-8-12/h3-5,7-8,11,13H,6,9-10H2,1-2H3,(H2,20,25)(H,21,26)(H,22,23). The van der Waals surface area contributed by atoms with E-state index in [1.165, 1.54) is 0 Å². The van der Waals surface area contributed by atoms with E-state index in [0.717, 1.165) is 5.69 Å². The molecule has 3 rings (SSSR count). The topological polar surface area (TPSA) is 121 Å². The van der Waals surface area contributed by atoms with Crippen LogP contribution >= 0.6 is 0 Å². The molecule has 1 aromatic carbocycles. The lowest BCUT2D eigenvalue weighted by Crippen LogP contribution is -2.46. The highest BCUT2D eigenvalue weighted by Gasteiger charge is 2.36. The number of hydrogen-bond donors (Lipinski definition) is 3. The van der Waals surface area contributed by atoms with E-state index in [4.69, 9.17) is 5.73 Å². The Balaban J connectivity index is 1.83. The number of carbonyl (C=O) groups is 3. The third-order valence-electron chi connectivity index (χ3n) is 4.68. The van der Waals surface area contributed by atoms with Crippen molar-refractivity contribution < 1.29 is 14.4 Å². The molecule has 8 heteroatoms. The van der Waals surface area contributed by atoms with Gasteiger partial charge >= 0.3 is 0 Å². The first-order valence-corrected chi connectivity index (χ1v) is 8.95. The van der Waals surface area contributed by atoms with Gasteiger partial charge in [0.1, 0.15) is 5.92 Å². The third kappa shape index (κ3) is 3.69. The van der Waals surface area contributed by atoms with Crippen molar-refractivity contribution in [2.45, 2.75) is 32.6 Å². The monoisotopic (exact) mass is 369 g/mol. The first-order chi connectivity index (χ1) is 12.9. The van der Waals surface area contributed by atoms with Crippen LogP contribution in [0.15, 0.2) is 30.3 Å². The van der Waals surface area contributed by atoms with Gasteiger partial charge in [0.15, 0.2) is 5.69 Å². The fraction of sp³-hybridized carbons (Fsp3) is 0.368. The summed E-state index contributed by atoms with van der Waals surface area (Å²) < 4.78 is 0. The van der Waals surface area contributed by atoms with Crippen molar-refractivity contribution in [1.29, 1.82) is 0 Å². The van der Waals surface area contributed by atoms with Crippen LogP contribution in [0.4, 0.5) is 11.4 Å². The number of piperidine rings is 1. The van der Waals surface area contributed by atoms with E-state index in [2.05, 4.69) is 15.5 Å². The molecule has 2 heterocycles. The second-order valence-electron chi connectivity index (χ2n) is 6.89. The third-order valence-corrected chi connectivity index (χ3v) is 4.68. The highest BCUT2D eigenvalue weighted by atomic mass is 16.2. The molecule has 1 atom stereocenters. The molecule has 1 aromatic heterocycles. The highest BCUT2D eigenvalue weighted by Crippen LogP contribution is 2.29. The Kier molecular flexibility index (Phi) is 5.25. The number of nitrogens with one attached hydrogen (secondary N) is 2. The Labute approximate surface area is 157 Å². The van der Waals surface area contributed by atoms with Gasteiger partial charge in [-0.15, -0.1) is 0 Å². The maximum atomic E-state index is 12.9. The van der Waals surface area contributed by atoms with Gasteiger partial charge in [-0.1, -0.05) is 32.0 Å². The summed E-state index contributed by atoms with van der Waals surface area (Å²) >= 11 is 0. The molecular weight excluding hydrogens is 346 g/mol. The molecule has 1 unspecified atom stereocenters. The Morgan fingerprint density at radius 1 is 1.30 bits per heavy atom. The lowest BCUT2D eigenvalue weighted by atomic mass is 9.95. The van der Waals surface area contributed by atoms with Crippen molar-refractivity contribution in [3.05, 3.63) is 41.7 Å². The average molecular weight is 369 g/mol. The predicted octanol–water partition coefficient (Wildman–Crippen LogP) is 2.01. The maximum absolute atomic E-state index is 12.9. The van der Waals surface area contributed by atoms with Crippen LogP contribution in [0.2, 0.25) is 0 Å². The Morgan fingerprint density at radius 3 is 2.63 bits per heavy atom. The molecule has 0 saturated carbocycles. The number of benzene rings is 1. The molecule has 8 nitrogen and oxygen atoms in total. The van der Waals surface area contributed by atoms with Gasteiger partial charge in [0.2, 0.25) is 11.8 Å². The van der Waals surface area contributed by atoms with E-state index >= 15 is 0 Å². The number of aromatic amines is 1. The Morgan fingerprint density at radius 2 is 2.00 bits per heavy atom. The largest absolute Gasteiger partial charge is 0.364 e. The fourth-order valence-electron chi connectivity index (χ4n) is 3.27. The molecular formula is C19H23N5O3. The fourth-order valence-corrected chi connectivity index (χ4v) is 3.27. The van der Waals surface area contributed by atoms with Gasteiger partial charge in [-0.2, -0.15) is 5.10 Å². The van der Waals surface area contributed by atoms with Crippen molar-refractivity contribution in [3.8, 4) is 0 Å². The van der Waals surface area contributed by atoms with Gasteiger partial charge in [-0.25, -0.2) is 0 Å². The van der Waals surface area contributed by atoms with E-state index in [9.17, 15) is 14.4 Å². The second kappa shape index (κ2) is 7.61. The van der Waals surface area contributed by atoms with Gasteiger partial charge in [-0.3, -0.25) is 19.5 Å². The minimum Gasteiger partial charge on any atom is -0.364 e. The summed E-state index contributed by atoms with van der Waals surface area (Å²) in [6, 6.07) is 9.27. The number of anilines is 2. The normalized spacial score (nSPS) is 17.2. The van der Waals surface area contributed by atoms with Crippen LogP contribution in [0.1, 0.15) is 48.8 Å². The van der Waals surface area contributed by atoms with E-state index in [1.807, 2.05) is 44.2 Å². The van der Waals surface area contributed by atoms with Crippen LogP contribution < -0.4 is 16.0 Å². The van der Waals surface area contributed by atoms with E-state index in [1.54, 1.807) is 4.90 Å². The number of primary amides is 1. The number of nitrogens with zero attached hydrogens (tertiary/aromatic N) is 2. The lowest BCUT2D eigenvalue weighted by molar-refractivity contribution is -0.132. The van der Waals surface area contributed by atoms with E-state index in [0.29, 0.717) is 25.1 Å². The summed E-state index contributed by atoms with van der Waals surface area (Å²) in [7, 11) is 0. The molecule has 1 saturated heterocycles. The van der Waals surface area contributed by atoms with Crippen molar-refractivity contribution in [1.82, 2.24) is 10.2 Å². The lowest BCUT2D eigenvalue weighted by Gasteiger charge is -2.31. The molecule has 1 aliphatic heterocycles. The first kappa shape index (κ1) is 18.6. The zero-order chi connectivity index (χ0) is 19.6. The number of H-pyrrole nitrogens is 1. The summed E-state index contributed by atoms with van der Waals surface area (Å²) in [5.74, 6) is -2.28. The van der Waals surface area contributed by atoms with Gasteiger partial charge in [0, 0.05) is 12.2 Å². The molecule has 4 N–H and O–H groups in total. The van der Waals surface area contributed by atoms with Crippen LogP contribution in [0, 0.1) is 5.92 Å².